The molecule has 2 rings (SSSR count). The first kappa shape index (κ1) is 10.1. The second-order valence-corrected chi connectivity index (χ2v) is 5.33. The van der Waals surface area contributed by atoms with Crippen LogP contribution >= 0.6 is 23.2 Å². The summed E-state index contributed by atoms with van der Waals surface area (Å²) in [4.78, 5) is 0. The second kappa shape index (κ2) is 3.32. The highest BCUT2D eigenvalue weighted by Crippen LogP contribution is 2.49. The van der Waals surface area contributed by atoms with Gasteiger partial charge in [-0.05, 0) is 25.0 Å². The van der Waals surface area contributed by atoms with Crippen molar-refractivity contribution in [3.8, 4) is 5.75 Å². The average Bonchev–Trinajstić information content (AvgIpc) is 2.67. The van der Waals surface area contributed by atoms with Crippen LogP contribution in [0.15, 0.2) is 18.2 Å². The number of ether oxygens (including phenoxy) is 1. The molecule has 1 aliphatic carbocycles. The molecule has 1 aliphatic rings. The molecule has 0 bridgehead atoms. The zero-order valence-electron chi connectivity index (χ0n) is 8.18. The molecule has 0 aliphatic heterocycles. The van der Waals surface area contributed by atoms with Crippen LogP contribution < -0.4 is 4.74 Å². The molecule has 0 amide bonds. The van der Waals surface area contributed by atoms with Crippen molar-refractivity contribution in [2.75, 3.05) is 0 Å². The molecule has 14 heavy (non-hydrogen) atoms. The van der Waals surface area contributed by atoms with E-state index in [0.717, 1.165) is 16.9 Å². The number of hydrogen-bond donors (Lipinski definition) is 0. The Morgan fingerprint density at radius 1 is 1.29 bits per heavy atom. The number of hydrogen-bond acceptors (Lipinski definition) is 1. The van der Waals surface area contributed by atoms with Crippen LogP contribution in [0.3, 0.4) is 0 Å². The van der Waals surface area contributed by atoms with E-state index < -0.39 is 4.33 Å². The number of rotatable bonds is 2. The van der Waals surface area contributed by atoms with Crippen molar-refractivity contribution in [3.63, 3.8) is 0 Å². The van der Waals surface area contributed by atoms with Crippen LogP contribution in [-0.2, 0) is 0 Å². The largest absolute Gasteiger partial charge is 0.487 e. The predicted molar refractivity (Wildman–Crippen MR) is 59.4 cm³/mol. The molecule has 1 fully saturated rings. The molecule has 0 radical (unpaired) electrons. The van der Waals surface area contributed by atoms with Crippen LogP contribution in [-0.4, -0.2) is 10.4 Å². The smallest absolute Gasteiger partial charge is 0.158 e. The summed E-state index contributed by atoms with van der Waals surface area (Å²) < 4.78 is 5.07. The monoisotopic (exact) mass is 230 g/mol. The fraction of sp³-hybridized carbons (Fsp3) is 0.455. The standard InChI is InChI=1S/C11H12Cl2O/c1-7-4-3-5-8(2)10(7)14-9-6-11(9,12)13/h3-5,9H,6H2,1-2H3. The maximum Gasteiger partial charge on any atom is 0.158 e. The Morgan fingerprint density at radius 2 is 1.79 bits per heavy atom. The lowest BCUT2D eigenvalue weighted by Crippen LogP contribution is -2.07. The SMILES string of the molecule is Cc1cccc(C)c1OC1CC1(Cl)Cl. The molecule has 1 unspecified atom stereocenters. The normalized spacial score (nSPS) is 23.3. The Morgan fingerprint density at radius 3 is 2.21 bits per heavy atom. The molecule has 3 heteroatoms. The van der Waals surface area contributed by atoms with Gasteiger partial charge in [0.2, 0.25) is 0 Å². The molecule has 0 heterocycles. The number of aryl methyl sites for hydroxylation is 2. The van der Waals surface area contributed by atoms with Gasteiger partial charge in [0.15, 0.2) is 4.33 Å². The molecule has 1 nitrogen and oxygen atoms in total. The highest BCUT2D eigenvalue weighted by molar-refractivity contribution is 6.51. The first-order chi connectivity index (χ1) is 6.50. The minimum Gasteiger partial charge on any atom is -0.487 e. The van der Waals surface area contributed by atoms with Gasteiger partial charge in [-0.2, -0.15) is 0 Å². The summed E-state index contributed by atoms with van der Waals surface area (Å²) >= 11 is 11.8. The van der Waals surface area contributed by atoms with E-state index in [1.165, 1.54) is 0 Å². The van der Waals surface area contributed by atoms with Crippen molar-refractivity contribution in [2.45, 2.75) is 30.7 Å². The Labute approximate surface area is 94.0 Å². The quantitative estimate of drug-likeness (QED) is 0.706. The topological polar surface area (TPSA) is 9.23 Å². The Bertz CT molecular complexity index is 340. The molecule has 1 saturated carbocycles. The van der Waals surface area contributed by atoms with Gasteiger partial charge < -0.3 is 4.74 Å². The van der Waals surface area contributed by atoms with E-state index >= 15 is 0 Å². The molecule has 1 aromatic carbocycles. The van der Waals surface area contributed by atoms with Gasteiger partial charge in [0.05, 0.1) is 0 Å². The lowest BCUT2D eigenvalue weighted by atomic mass is 10.1. The molecule has 0 spiro atoms. The zero-order valence-corrected chi connectivity index (χ0v) is 9.69. The van der Waals surface area contributed by atoms with Gasteiger partial charge in [0.1, 0.15) is 11.9 Å². The molecular weight excluding hydrogens is 219 g/mol. The van der Waals surface area contributed by atoms with E-state index in [2.05, 4.69) is 0 Å². The number of benzene rings is 1. The lowest BCUT2D eigenvalue weighted by molar-refractivity contribution is 0.296. The lowest BCUT2D eigenvalue weighted by Gasteiger charge is -2.11. The van der Waals surface area contributed by atoms with Crippen molar-refractivity contribution < 1.29 is 4.74 Å². The number of halogens is 2. The van der Waals surface area contributed by atoms with E-state index in [9.17, 15) is 0 Å². The van der Waals surface area contributed by atoms with Gasteiger partial charge in [-0.15, -0.1) is 0 Å². The van der Waals surface area contributed by atoms with Crippen molar-refractivity contribution >= 4 is 23.2 Å². The van der Waals surface area contributed by atoms with Crippen molar-refractivity contribution in [1.29, 1.82) is 0 Å². The third-order valence-corrected chi connectivity index (χ3v) is 3.23. The summed E-state index contributed by atoms with van der Waals surface area (Å²) in [5.41, 5.74) is 2.25. The minimum atomic E-state index is -0.672. The zero-order chi connectivity index (χ0) is 10.3. The summed E-state index contributed by atoms with van der Waals surface area (Å²) in [5.74, 6) is 0.917. The Balaban J connectivity index is 2.17. The van der Waals surface area contributed by atoms with Gasteiger partial charge in [-0.1, -0.05) is 41.4 Å². The summed E-state index contributed by atoms with van der Waals surface area (Å²) in [6.07, 6.45) is 0.662. The fourth-order valence-electron chi connectivity index (χ4n) is 1.44. The van der Waals surface area contributed by atoms with E-state index in [1.54, 1.807) is 0 Å². The molecule has 0 N–H and O–H groups in total. The first-order valence-electron chi connectivity index (χ1n) is 4.61. The second-order valence-electron chi connectivity index (χ2n) is 3.79. The molecular formula is C11H12Cl2O. The minimum absolute atomic E-state index is 0.0503. The summed E-state index contributed by atoms with van der Waals surface area (Å²) in [5, 5.41) is 0. The third kappa shape index (κ3) is 1.84. The molecule has 1 aromatic rings. The predicted octanol–water partition coefficient (Wildman–Crippen LogP) is 3.63. The van der Waals surface area contributed by atoms with E-state index in [-0.39, 0.29) is 6.10 Å². The molecule has 76 valence electrons. The fourth-order valence-corrected chi connectivity index (χ4v) is 1.81. The van der Waals surface area contributed by atoms with Crippen LogP contribution in [0.1, 0.15) is 17.5 Å². The first-order valence-corrected chi connectivity index (χ1v) is 5.37. The van der Waals surface area contributed by atoms with Gasteiger partial charge in [0.25, 0.3) is 0 Å². The van der Waals surface area contributed by atoms with Crippen LogP contribution in [0.5, 0.6) is 5.75 Å². The van der Waals surface area contributed by atoms with Gasteiger partial charge >= 0.3 is 0 Å². The maximum atomic E-state index is 5.90. The van der Waals surface area contributed by atoms with Gasteiger partial charge in [-0.3, -0.25) is 0 Å². The van der Waals surface area contributed by atoms with Crippen LogP contribution in [0.4, 0.5) is 0 Å². The van der Waals surface area contributed by atoms with E-state index in [0.29, 0.717) is 6.42 Å². The van der Waals surface area contributed by atoms with Crippen molar-refractivity contribution in [2.24, 2.45) is 0 Å². The van der Waals surface area contributed by atoms with Crippen molar-refractivity contribution in [1.82, 2.24) is 0 Å². The van der Waals surface area contributed by atoms with Gasteiger partial charge in [-0.25, -0.2) is 0 Å². The number of alkyl halides is 2. The maximum absolute atomic E-state index is 5.90. The Kier molecular flexibility index (Phi) is 2.40. The highest BCUT2D eigenvalue weighted by Gasteiger charge is 2.54. The molecule has 1 atom stereocenters. The summed E-state index contributed by atoms with van der Waals surface area (Å²) in [6, 6.07) is 6.06. The van der Waals surface area contributed by atoms with Gasteiger partial charge in [0, 0.05) is 6.42 Å². The average molecular weight is 231 g/mol. The van der Waals surface area contributed by atoms with Crippen LogP contribution in [0, 0.1) is 13.8 Å². The summed E-state index contributed by atoms with van der Waals surface area (Å²) in [6.45, 7) is 4.05. The summed E-state index contributed by atoms with van der Waals surface area (Å²) in [7, 11) is 0. The Hall–Kier alpha value is -0.400. The van der Waals surface area contributed by atoms with Crippen molar-refractivity contribution in [3.05, 3.63) is 29.3 Å². The third-order valence-electron chi connectivity index (χ3n) is 2.44. The highest BCUT2D eigenvalue weighted by atomic mass is 35.5. The van der Waals surface area contributed by atoms with Crippen LogP contribution in [0.2, 0.25) is 0 Å². The number of para-hydroxylation sites is 1. The van der Waals surface area contributed by atoms with Crippen LogP contribution in [0.25, 0.3) is 0 Å². The molecule has 0 saturated heterocycles. The molecule has 0 aromatic heterocycles. The van der Waals surface area contributed by atoms with E-state index in [4.69, 9.17) is 27.9 Å². The van der Waals surface area contributed by atoms with E-state index in [1.807, 2.05) is 32.0 Å².